The Kier molecular flexibility index (Phi) is 3.62. The highest BCUT2D eigenvalue weighted by Crippen LogP contribution is 2.41. The van der Waals surface area contributed by atoms with Crippen LogP contribution in [0.2, 0.25) is 0 Å². The summed E-state index contributed by atoms with van der Waals surface area (Å²) in [5.74, 6) is -0.302. The third kappa shape index (κ3) is 2.56. The number of ether oxygens (including phenoxy) is 1. The van der Waals surface area contributed by atoms with Crippen LogP contribution in [0.25, 0.3) is 5.57 Å². The summed E-state index contributed by atoms with van der Waals surface area (Å²) in [6.07, 6.45) is 0.696. The predicted octanol–water partition coefficient (Wildman–Crippen LogP) is 3.38. The minimum atomic E-state index is -1.03. The van der Waals surface area contributed by atoms with Gasteiger partial charge in [-0.3, -0.25) is 4.79 Å². The summed E-state index contributed by atoms with van der Waals surface area (Å²) >= 11 is 0. The molecule has 0 fully saturated rings. The van der Waals surface area contributed by atoms with E-state index >= 15 is 0 Å². The number of rotatable bonds is 2. The third-order valence-electron chi connectivity index (χ3n) is 3.83. The van der Waals surface area contributed by atoms with E-state index in [0.29, 0.717) is 12.0 Å². The van der Waals surface area contributed by atoms with Crippen molar-refractivity contribution < 1.29 is 19.7 Å². The first-order chi connectivity index (χ1) is 9.60. The molecule has 1 heterocycles. The van der Waals surface area contributed by atoms with Gasteiger partial charge in [-0.2, -0.15) is 0 Å². The first-order valence-corrected chi connectivity index (χ1v) is 7.11. The Morgan fingerprint density at radius 1 is 1.10 bits per heavy atom. The van der Waals surface area contributed by atoms with E-state index in [0.717, 1.165) is 5.56 Å². The molecule has 0 unspecified atom stereocenters. The summed E-state index contributed by atoms with van der Waals surface area (Å²) in [7, 11) is 0. The number of aliphatic hydroxyl groups is 1. The van der Waals surface area contributed by atoms with Crippen molar-refractivity contribution in [2.24, 2.45) is 0 Å². The van der Waals surface area contributed by atoms with E-state index in [1.165, 1.54) is 6.07 Å². The highest BCUT2D eigenvalue weighted by molar-refractivity contribution is 6.26. The number of hydrogen-bond donors (Lipinski definition) is 2. The molecule has 2 rings (SSSR count). The van der Waals surface area contributed by atoms with Crippen LogP contribution in [0.1, 0.15) is 45.7 Å². The fourth-order valence-corrected chi connectivity index (χ4v) is 2.80. The zero-order valence-electron chi connectivity index (χ0n) is 13.2. The Hall–Kier alpha value is -1.81. The molecule has 0 saturated carbocycles. The van der Waals surface area contributed by atoms with Gasteiger partial charge in [-0.25, -0.2) is 0 Å². The Morgan fingerprint density at radius 3 is 2.29 bits per heavy atom. The molecular weight excluding hydrogens is 268 g/mol. The lowest BCUT2D eigenvalue weighted by atomic mass is 9.81. The monoisotopic (exact) mass is 290 g/mol. The topological polar surface area (TPSA) is 66.8 Å². The quantitative estimate of drug-likeness (QED) is 0.876. The minimum absolute atomic E-state index is 0.0670. The predicted molar refractivity (Wildman–Crippen MR) is 81.3 cm³/mol. The molecule has 4 nitrogen and oxygen atoms in total. The molecule has 1 aromatic rings. The summed E-state index contributed by atoms with van der Waals surface area (Å²) in [6.45, 7) is 8.80. The maximum absolute atomic E-state index is 12.7. The second-order valence-electron chi connectivity index (χ2n) is 6.37. The number of benzene rings is 1. The molecule has 0 bridgehead atoms. The smallest absolute Gasteiger partial charge is 0.198 e. The zero-order chi connectivity index (χ0) is 16.0. The molecule has 0 saturated heterocycles. The number of phenolic OH excluding ortho intramolecular Hbond substituents is 1. The molecule has 4 heteroatoms. The van der Waals surface area contributed by atoms with Crippen molar-refractivity contribution in [2.45, 2.75) is 52.2 Å². The number of ketones is 1. The molecule has 21 heavy (non-hydrogen) atoms. The highest BCUT2D eigenvalue weighted by atomic mass is 16.5. The van der Waals surface area contributed by atoms with Crippen LogP contribution < -0.4 is 0 Å². The van der Waals surface area contributed by atoms with Gasteiger partial charge in [0.15, 0.2) is 5.78 Å². The highest BCUT2D eigenvalue weighted by Gasteiger charge is 2.47. The Morgan fingerprint density at radius 2 is 1.71 bits per heavy atom. The normalized spacial score (nSPS) is 20.7. The van der Waals surface area contributed by atoms with Gasteiger partial charge in [-0.05, 0) is 57.4 Å². The largest absolute Gasteiger partial charge is 0.508 e. The van der Waals surface area contributed by atoms with E-state index in [1.807, 2.05) is 6.92 Å². The first-order valence-electron chi connectivity index (χ1n) is 7.11. The van der Waals surface area contributed by atoms with E-state index in [2.05, 4.69) is 0 Å². The second-order valence-corrected chi connectivity index (χ2v) is 6.37. The molecule has 1 aliphatic heterocycles. The van der Waals surface area contributed by atoms with Gasteiger partial charge in [-0.1, -0.05) is 13.0 Å². The van der Waals surface area contributed by atoms with Gasteiger partial charge in [0.25, 0.3) is 0 Å². The third-order valence-corrected chi connectivity index (χ3v) is 3.83. The first kappa shape index (κ1) is 15.6. The SMILES string of the molecule is CCc1ccc(O)cc1C1=C(O)C(C)(C)OC(C)(C)C1=O. The number of hydrogen-bond acceptors (Lipinski definition) is 4. The number of aryl methyl sites for hydroxylation is 1. The molecule has 1 aromatic carbocycles. The Balaban J connectivity index is 2.76. The molecule has 0 aromatic heterocycles. The average molecular weight is 290 g/mol. The summed E-state index contributed by atoms with van der Waals surface area (Å²) in [5, 5.41) is 20.3. The number of aliphatic hydroxyl groups excluding tert-OH is 1. The molecule has 0 spiro atoms. The molecular formula is C17H22O4. The van der Waals surface area contributed by atoms with E-state index < -0.39 is 11.2 Å². The maximum Gasteiger partial charge on any atom is 0.198 e. The summed E-state index contributed by atoms with van der Waals surface area (Å²) in [4.78, 5) is 12.7. The Labute approximate surface area is 125 Å². The van der Waals surface area contributed by atoms with Crippen molar-refractivity contribution in [3.05, 3.63) is 35.1 Å². The van der Waals surface area contributed by atoms with Gasteiger partial charge < -0.3 is 14.9 Å². The van der Waals surface area contributed by atoms with E-state index in [-0.39, 0.29) is 22.9 Å². The van der Waals surface area contributed by atoms with Crippen LogP contribution in [0.4, 0.5) is 0 Å². The Bertz CT molecular complexity index is 624. The number of aromatic hydroxyl groups is 1. The van der Waals surface area contributed by atoms with Gasteiger partial charge in [0.05, 0.1) is 5.57 Å². The lowest BCUT2D eigenvalue weighted by Crippen LogP contribution is -2.49. The van der Waals surface area contributed by atoms with Crippen molar-refractivity contribution in [2.75, 3.05) is 0 Å². The second kappa shape index (κ2) is 4.88. The molecule has 0 radical (unpaired) electrons. The van der Waals surface area contributed by atoms with E-state index in [4.69, 9.17) is 4.74 Å². The number of carbonyl (C=O) groups is 1. The van der Waals surface area contributed by atoms with E-state index in [9.17, 15) is 15.0 Å². The van der Waals surface area contributed by atoms with Gasteiger partial charge >= 0.3 is 0 Å². The molecule has 2 N–H and O–H groups in total. The molecule has 0 aliphatic carbocycles. The van der Waals surface area contributed by atoms with Crippen LogP contribution in [-0.4, -0.2) is 27.2 Å². The average Bonchev–Trinajstić information content (AvgIpc) is 2.36. The van der Waals surface area contributed by atoms with Gasteiger partial charge in [0.1, 0.15) is 22.7 Å². The lowest BCUT2D eigenvalue weighted by Gasteiger charge is -2.40. The van der Waals surface area contributed by atoms with Crippen molar-refractivity contribution in [1.82, 2.24) is 0 Å². The van der Waals surface area contributed by atoms with Crippen LogP contribution in [0.15, 0.2) is 24.0 Å². The molecule has 114 valence electrons. The number of phenols is 1. The standard InChI is InChI=1S/C17H22O4/c1-6-10-7-8-11(18)9-12(10)13-14(19)16(2,3)21-17(4,5)15(13)20/h7-9,18-19H,6H2,1-5H3. The molecule has 0 atom stereocenters. The maximum atomic E-state index is 12.7. The van der Waals surface area contributed by atoms with Crippen LogP contribution in [0, 0.1) is 0 Å². The number of Topliss-reactive ketones (excluding diaryl/α,β-unsaturated/α-hetero) is 1. The van der Waals surface area contributed by atoms with Crippen LogP contribution in [-0.2, 0) is 16.0 Å². The fourth-order valence-electron chi connectivity index (χ4n) is 2.80. The van der Waals surface area contributed by atoms with Crippen molar-refractivity contribution in [3.8, 4) is 5.75 Å². The van der Waals surface area contributed by atoms with Crippen molar-refractivity contribution in [3.63, 3.8) is 0 Å². The van der Waals surface area contributed by atoms with Crippen LogP contribution in [0.5, 0.6) is 5.75 Å². The van der Waals surface area contributed by atoms with Crippen molar-refractivity contribution in [1.29, 1.82) is 0 Å². The van der Waals surface area contributed by atoms with Gasteiger partial charge in [-0.15, -0.1) is 0 Å². The number of carbonyl (C=O) groups excluding carboxylic acids is 1. The van der Waals surface area contributed by atoms with Gasteiger partial charge in [0.2, 0.25) is 0 Å². The summed E-state index contributed by atoms with van der Waals surface area (Å²) < 4.78 is 5.72. The summed E-state index contributed by atoms with van der Waals surface area (Å²) in [6, 6.07) is 4.88. The minimum Gasteiger partial charge on any atom is -0.508 e. The lowest BCUT2D eigenvalue weighted by molar-refractivity contribution is -0.158. The van der Waals surface area contributed by atoms with Gasteiger partial charge in [0, 0.05) is 0 Å². The van der Waals surface area contributed by atoms with Crippen LogP contribution >= 0.6 is 0 Å². The van der Waals surface area contributed by atoms with E-state index in [1.54, 1.807) is 39.8 Å². The molecule has 1 aliphatic rings. The summed E-state index contributed by atoms with van der Waals surface area (Å²) in [5.41, 5.74) is -0.269. The van der Waals surface area contributed by atoms with Crippen molar-refractivity contribution >= 4 is 11.4 Å². The molecule has 0 amide bonds. The van der Waals surface area contributed by atoms with Crippen LogP contribution in [0.3, 0.4) is 0 Å². The zero-order valence-corrected chi connectivity index (χ0v) is 13.2. The fraction of sp³-hybridized carbons (Fsp3) is 0.471.